The van der Waals surface area contributed by atoms with E-state index in [1.807, 2.05) is 4.90 Å². The van der Waals surface area contributed by atoms with E-state index in [1.54, 1.807) is 25.1 Å². The van der Waals surface area contributed by atoms with Gasteiger partial charge in [0.1, 0.15) is 0 Å². The molecule has 3 aliphatic heterocycles. The van der Waals surface area contributed by atoms with Gasteiger partial charge in [0, 0.05) is 26.2 Å². The van der Waals surface area contributed by atoms with Crippen molar-refractivity contribution in [3.63, 3.8) is 0 Å². The molecular weight excluding hydrogens is 488 g/mol. The highest BCUT2D eigenvalue weighted by molar-refractivity contribution is 7.89. The zero-order valence-corrected chi connectivity index (χ0v) is 21.6. The number of carbonyl (C=O) groups excluding carboxylic acids is 2. The molecule has 0 bridgehead atoms. The van der Waals surface area contributed by atoms with Crippen LogP contribution in [0.5, 0.6) is 0 Å². The van der Waals surface area contributed by atoms with Crippen molar-refractivity contribution in [2.75, 3.05) is 89.1 Å². The molecule has 0 atom stereocenters. The molecule has 0 aliphatic carbocycles. The van der Waals surface area contributed by atoms with Crippen molar-refractivity contribution in [2.45, 2.75) is 24.7 Å². The number of hydrogen-bond donors (Lipinski definition) is 1. The van der Waals surface area contributed by atoms with E-state index in [0.717, 1.165) is 5.69 Å². The number of amides is 1. The summed E-state index contributed by atoms with van der Waals surface area (Å²) in [6.07, 6.45) is 1.30. The Morgan fingerprint density at radius 1 is 1.00 bits per heavy atom. The molecule has 1 aromatic carbocycles. The number of morpholine rings is 2. The first-order chi connectivity index (χ1) is 17.4. The lowest BCUT2D eigenvalue weighted by Gasteiger charge is -2.32. The Hall–Kier alpha value is -2.25. The second-order valence-electron chi connectivity index (χ2n) is 9.15. The molecule has 1 N–H and O–H groups in total. The number of rotatable bonds is 8. The number of benzene rings is 1. The van der Waals surface area contributed by atoms with Crippen LogP contribution in [0.1, 0.15) is 19.8 Å². The van der Waals surface area contributed by atoms with Gasteiger partial charge in [0.2, 0.25) is 15.9 Å². The smallest absolute Gasteiger partial charge is 0.309 e. The minimum atomic E-state index is -3.71. The summed E-state index contributed by atoms with van der Waals surface area (Å²) in [6.45, 7) is 7.34. The van der Waals surface area contributed by atoms with Crippen LogP contribution in [0.2, 0.25) is 0 Å². The molecular formula is C24H36N4O7S. The molecule has 0 spiro atoms. The molecule has 1 amide bonds. The Kier molecular flexibility index (Phi) is 9.18. The summed E-state index contributed by atoms with van der Waals surface area (Å²) in [5.74, 6) is -0.519. The molecule has 3 heterocycles. The first-order valence-electron chi connectivity index (χ1n) is 12.6. The molecule has 36 heavy (non-hydrogen) atoms. The number of likely N-dealkylation sites (tertiary alicyclic amines) is 1. The van der Waals surface area contributed by atoms with Gasteiger partial charge in [-0.05, 0) is 51.1 Å². The highest BCUT2D eigenvalue weighted by atomic mass is 32.2. The predicted octanol–water partition coefficient (Wildman–Crippen LogP) is 0.758. The van der Waals surface area contributed by atoms with Crippen LogP contribution in [0, 0.1) is 5.92 Å². The minimum absolute atomic E-state index is 0.126. The lowest BCUT2D eigenvalue weighted by molar-refractivity contribution is -0.149. The SMILES string of the molecule is CCOC(=O)C1CCN(CC(=O)Nc2cc(S(=O)(=O)N3CCOCC3)ccc2N2CCOCC2)CC1. The normalized spacial score (nSPS) is 20.8. The molecule has 0 unspecified atom stereocenters. The number of nitrogens with zero attached hydrogens (tertiary/aromatic N) is 3. The summed E-state index contributed by atoms with van der Waals surface area (Å²) in [4.78, 5) is 29.3. The molecule has 4 rings (SSSR count). The molecule has 1 aromatic rings. The van der Waals surface area contributed by atoms with E-state index in [0.29, 0.717) is 90.8 Å². The Morgan fingerprint density at radius 3 is 2.28 bits per heavy atom. The van der Waals surface area contributed by atoms with Crippen LogP contribution in [0.4, 0.5) is 11.4 Å². The van der Waals surface area contributed by atoms with E-state index in [-0.39, 0.29) is 29.2 Å². The third kappa shape index (κ3) is 6.54. The second kappa shape index (κ2) is 12.3. The quantitative estimate of drug-likeness (QED) is 0.492. The summed E-state index contributed by atoms with van der Waals surface area (Å²) in [6, 6.07) is 4.92. The van der Waals surface area contributed by atoms with Crippen molar-refractivity contribution in [3.8, 4) is 0 Å². The van der Waals surface area contributed by atoms with Gasteiger partial charge in [-0.25, -0.2) is 8.42 Å². The van der Waals surface area contributed by atoms with Gasteiger partial charge in [-0.2, -0.15) is 4.31 Å². The van der Waals surface area contributed by atoms with Crippen molar-refractivity contribution in [3.05, 3.63) is 18.2 Å². The lowest BCUT2D eigenvalue weighted by Crippen LogP contribution is -2.42. The van der Waals surface area contributed by atoms with Gasteiger partial charge in [0.25, 0.3) is 0 Å². The van der Waals surface area contributed by atoms with Gasteiger partial charge in [0.05, 0.1) is 61.8 Å². The van der Waals surface area contributed by atoms with E-state index < -0.39 is 10.0 Å². The monoisotopic (exact) mass is 524 g/mol. The van der Waals surface area contributed by atoms with Gasteiger partial charge in [0.15, 0.2) is 0 Å². The van der Waals surface area contributed by atoms with Gasteiger partial charge >= 0.3 is 5.97 Å². The fraction of sp³-hybridized carbons (Fsp3) is 0.667. The van der Waals surface area contributed by atoms with Gasteiger partial charge < -0.3 is 24.4 Å². The molecule has 12 heteroatoms. The molecule has 0 radical (unpaired) electrons. The number of esters is 1. The number of piperidine rings is 1. The second-order valence-corrected chi connectivity index (χ2v) is 11.1. The maximum Gasteiger partial charge on any atom is 0.309 e. The molecule has 3 saturated heterocycles. The van der Waals surface area contributed by atoms with Crippen LogP contribution in [-0.2, 0) is 33.8 Å². The van der Waals surface area contributed by atoms with Crippen LogP contribution in [0.3, 0.4) is 0 Å². The minimum Gasteiger partial charge on any atom is -0.466 e. The number of carbonyl (C=O) groups is 2. The van der Waals surface area contributed by atoms with E-state index in [1.165, 1.54) is 4.31 Å². The van der Waals surface area contributed by atoms with Crippen molar-refractivity contribution < 1.29 is 32.2 Å². The van der Waals surface area contributed by atoms with Crippen LogP contribution >= 0.6 is 0 Å². The van der Waals surface area contributed by atoms with Crippen LogP contribution in [0.15, 0.2) is 23.1 Å². The molecule has 3 aliphatic rings. The van der Waals surface area contributed by atoms with Crippen molar-refractivity contribution in [1.82, 2.24) is 9.21 Å². The van der Waals surface area contributed by atoms with Crippen molar-refractivity contribution in [1.29, 1.82) is 0 Å². The van der Waals surface area contributed by atoms with Crippen LogP contribution in [0.25, 0.3) is 0 Å². The first-order valence-corrected chi connectivity index (χ1v) is 14.1. The van der Waals surface area contributed by atoms with Crippen molar-refractivity contribution >= 4 is 33.3 Å². The zero-order chi connectivity index (χ0) is 25.5. The summed E-state index contributed by atoms with van der Waals surface area (Å²) < 4.78 is 43.8. The molecule has 200 valence electrons. The fourth-order valence-corrected chi connectivity index (χ4v) is 6.21. The standard InChI is InChI=1S/C24H36N4O7S/c1-2-35-24(30)19-5-7-26(8-6-19)18-23(29)25-21-17-20(36(31,32)28-11-15-34-16-12-28)3-4-22(21)27-9-13-33-14-10-27/h3-4,17,19H,2,5-16,18H2,1H3,(H,25,29). The lowest BCUT2D eigenvalue weighted by atomic mass is 9.97. The van der Waals surface area contributed by atoms with E-state index in [2.05, 4.69) is 10.2 Å². The topological polar surface area (TPSA) is 118 Å². The number of hydrogen-bond acceptors (Lipinski definition) is 9. The van der Waals surface area contributed by atoms with E-state index in [4.69, 9.17) is 14.2 Å². The summed E-state index contributed by atoms with van der Waals surface area (Å²) in [7, 11) is -3.71. The fourth-order valence-electron chi connectivity index (χ4n) is 4.77. The van der Waals surface area contributed by atoms with Crippen LogP contribution < -0.4 is 10.2 Å². The average molecular weight is 525 g/mol. The molecule has 0 aromatic heterocycles. The largest absolute Gasteiger partial charge is 0.466 e. The number of ether oxygens (including phenoxy) is 3. The predicted molar refractivity (Wildman–Crippen MR) is 133 cm³/mol. The Balaban J connectivity index is 1.47. The van der Waals surface area contributed by atoms with Gasteiger partial charge in [-0.1, -0.05) is 0 Å². The molecule has 0 saturated carbocycles. The first kappa shape index (κ1) is 26.8. The molecule has 11 nitrogen and oxygen atoms in total. The zero-order valence-electron chi connectivity index (χ0n) is 20.8. The number of nitrogens with one attached hydrogen (secondary N) is 1. The van der Waals surface area contributed by atoms with E-state index in [9.17, 15) is 18.0 Å². The van der Waals surface area contributed by atoms with E-state index >= 15 is 0 Å². The average Bonchev–Trinajstić information content (AvgIpc) is 2.90. The van der Waals surface area contributed by atoms with Gasteiger partial charge in [-0.15, -0.1) is 0 Å². The van der Waals surface area contributed by atoms with Crippen molar-refractivity contribution in [2.24, 2.45) is 5.92 Å². The maximum atomic E-state index is 13.2. The summed E-state index contributed by atoms with van der Waals surface area (Å²) in [5.41, 5.74) is 1.24. The van der Waals surface area contributed by atoms with Gasteiger partial charge in [-0.3, -0.25) is 14.5 Å². The van der Waals surface area contributed by atoms with Crippen LogP contribution in [-0.4, -0.2) is 108 Å². The third-order valence-corrected chi connectivity index (χ3v) is 8.67. The summed E-state index contributed by atoms with van der Waals surface area (Å²) in [5, 5.41) is 2.96. The summed E-state index contributed by atoms with van der Waals surface area (Å²) >= 11 is 0. The Labute approximate surface area is 212 Å². The number of sulfonamides is 1. The Morgan fingerprint density at radius 2 is 1.64 bits per heavy atom. The Bertz CT molecular complexity index is 1020. The maximum absolute atomic E-state index is 13.2. The molecule has 3 fully saturated rings. The number of anilines is 2. The highest BCUT2D eigenvalue weighted by Crippen LogP contribution is 2.31. The highest BCUT2D eigenvalue weighted by Gasteiger charge is 2.29. The third-order valence-electron chi connectivity index (χ3n) is 6.78.